The van der Waals surface area contributed by atoms with Crippen molar-refractivity contribution in [1.82, 2.24) is 5.32 Å². The first kappa shape index (κ1) is 11.9. The number of aliphatic hydroxyl groups excluding tert-OH is 1. The number of hydrogen-bond donors (Lipinski definition) is 2. The second-order valence-corrected chi connectivity index (χ2v) is 4.16. The fourth-order valence-electron chi connectivity index (χ4n) is 1.09. The van der Waals surface area contributed by atoms with E-state index in [0.29, 0.717) is 5.92 Å². The molecule has 0 spiro atoms. The average molecular weight is 173 g/mol. The van der Waals surface area contributed by atoms with Gasteiger partial charge in [-0.3, -0.25) is 0 Å². The standard InChI is InChI=1S/C10H23NO/c1-5-10(4,6-7-12)11-8-9(2)3/h9,11-12H,5-8H2,1-4H3. The highest BCUT2D eigenvalue weighted by Crippen LogP contribution is 2.13. The number of hydrogen-bond acceptors (Lipinski definition) is 2. The normalized spacial score (nSPS) is 16.5. The molecule has 0 aliphatic rings. The van der Waals surface area contributed by atoms with E-state index in [1.54, 1.807) is 0 Å². The third-order valence-electron chi connectivity index (χ3n) is 2.38. The molecule has 0 saturated carbocycles. The molecule has 12 heavy (non-hydrogen) atoms. The summed E-state index contributed by atoms with van der Waals surface area (Å²) in [4.78, 5) is 0. The summed E-state index contributed by atoms with van der Waals surface area (Å²) in [5.74, 6) is 0.676. The van der Waals surface area contributed by atoms with Gasteiger partial charge in [-0.25, -0.2) is 0 Å². The van der Waals surface area contributed by atoms with Gasteiger partial charge in [0.2, 0.25) is 0 Å². The van der Waals surface area contributed by atoms with E-state index in [4.69, 9.17) is 5.11 Å². The van der Waals surface area contributed by atoms with Gasteiger partial charge in [-0.1, -0.05) is 20.8 Å². The minimum Gasteiger partial charge on any atom is -0.396 e. The van der Waals surface area contributed by atoms with Crippen LogP contribution in [0.2, 0.25) is 0 Å². The lowest BCUT2D eigenvalue weighted by molar-refractivity contribution is 0.211. The van der Waals surface area contributed by atoms with Crippen molar-refractivity contribution in [3.05, 3.63) is 0 Å². The van der Waals surface area contributed by atoms with Gasteiger partial charge in [0, 0.05) is 12.1 Å². The molecule has 0 saturated heterocycles. The third-order valence-corrected chi connectivity index (χ3v) is 2.38. The smallest absolute Gasteiger partial charge is 0.0448 e. The average Bonchev–Trinajstić information content (AvgIpc) is 2.02. The van der Waals surface area contributed by atoms with Crippen LogP contribution in [0.3, 0.4) is 0 Å². The van der Waals surface area contributed by atoms with Gasteiger partial charge >= 0.3 is 0 Å². The molecule has 2 heteroatoms. The molecular formula is C10H23NO. The Labute approximate surface area is 76.4 Å². The van der Waals surface area contributed by atoms with Crippen molar-refractivity contribution in [1.29, 1.82) is 0 Å². The van der Waals surface area contributed by atoms with E-state index in [9.17, 15) is 0 Å². The van der Waals surface area contributed by atoms with Crippen LogP contribution in [-0.4, -0.2) is 23.8 Å². The van der Waals surface area contributed by atoms with Crippen LogP contribution in [-0.2, 0) is 0 Å². The van der Waals surface area contributed by atoms with E-state index in [1.165, 1.54) is 0 Å². The Bertz CT molecular complexity index is 114. The molecule has 0 aromatic carbocycles. The van der Waals surface area contributed by atoms with Gasteiger partial charge in [-0.05, 0) is 32.2 Å². The van der Waals surface area contributed by atoms with Gasteiger partial charge in [0.25, 0.3) is 0 Å². The lowest BCUT2D eigenvalue weighted by Gasteiger charge is -2.30. The first-order chi connectivity index (χ1) is 5.54. The Morgan fingerprint density at radius 2 is 2.00 bits per heavy atom. The number of rotatable bonds is 6. The van der Waals surface area contributed by atoms with Crippen molar-refractivity contribution in [2.24, 2.45) is 5.92 Å². The molecule has 74 valence electrons. The van der Waals surface area contributed by atoms with E-state index < -0.39 is 0 Å². The Kier molecular flexibility index (Phi) is 5.51. The maximum Gasteiger partial charge on any atom is 0.0448 e. The SMILES string of the molecule is CCC(C)(CCO)NCC(C)C. The maximum absolute atomic E-state index is 8.86. The number of nitrogens with one attached hydrogen (secondary N) is 1. The second kappa shape index (κ2) is 5.55. The lowest BCUT2D eigenvalue weighted by Crippen LogP contribution is -2.44. The highest BCUT2D eigenvalue weighted by molar-refractivity contribution is 4.81. The van der Waals surface area contributed by atoms with Crippen LogP contribution in [0.15, 0.2) is 0 Å². The van der Waals surface area contributed by atoms with Crippen LogP contribution < -0.4 is 5.32 Å². The van der Waals surface area contributed by atoms with Gasteiger partial charge in [0.05, 0.1) is 0 Å². The van der Waals surface area contributed by atoms with Crippen LogP contribution >= 0.6 is 0 Å². The fraction of sp³-hybridized carbons (Fsp3) is 1.00. The Morgan fingerprint density at radius 3 is 2.33 bits per heavy atom. The van der Waals surface area contributed by atoms with Gasteiger partial charge in [-0.15, -0.1) is 0 Å². The molecular weight excluding hydrogens is 150 g/mol. The van der Waals surface area contributed by atoms with Gasteiger partial charge in [0.1, 0.15) is 0 Å². The van der Waals surface area contributed by atoms with Crippen molar-refractivity contribution in [2.45, 2.75) is 46.1 Å². The van der Waals surface area contributed by atoms with E-state index in [0.717, 1.165) is 19.4 Å². The summed E-state index contributed by atoms with van der Waals surface area (Å²) in [5, 5.41) is 12.3. The van der Waals surface area contributed by atoms with Gasteiger partial charge in [0.15, 0.2) is 0 Å². The minimum absolute atomic E-state index is 0.124. The molecule has 0 heterocycles. The van der Waals surface area contributed by atoms with Crippen molar-refractivity contribution in [3.63, 3.8) is 0 Å². The van der Waals surface area contributed by atoms with Gasteiger partial charge < -0.3 is 10.4 Å². The lowest BCUT2D eigenvalue weighted by atomic mass is 9.94. The predicted octanol–water partition coefficient (Wildman–Crippen LogP) is 1.78. The molecule has 0 rings (SSSR count). The molecule has 0 bridgehead atoms. The van der Waals surface area contributed by atoms with Crippen molar-refractivity contribution < 1.29 is 5.11 Å². The summed E-state index contributed by atoms with van der Waals surface area (Å²) < 4.78 is 0. The topological polar surface area (TPSA) is 32.3 Å². The van der Waals surface area contributed by atoms with Crippen molar-refractivity contribution in [2.75, 3.05) is 13.2 Å². The molecule has 0 aliphatic heterocycles. The summed E-state index contributed by atoms with van der Waals surface area (Å²) in [5.41, 5.74) is 0.124. The Balaban J connectivity index is 3.78. The summed E-state index contributed by atoms with van der Waals surface area (Å²) >= 11 is 0. The van der Waals surface area contributed by atoms with Crippen molar-refractivity contribution >= 4 is 0 Å². The van der Waals surface area contributed by atoms with Crippen LogP contribution in [0.5, 0.6) is 0 Å². The van der Waals surface area contributed by atoms with Crippen LogP contribution in [0.1, 0.15) is 40.5 Å². The maximum atomic E-state index is 8.86. The monoisotopic (exact) mass is 173 g/mol. The first-order valence-corrected chi connectivity index (χ1v) is 4.90. The van der Waals surface area contributed by atoms with Gasteiger partial charge in [-0.2, -0.15) is 0 Å². The van der Waals surface area contributed by atoms with Crippen molar-refractivity contribution in [3.8, 4) is 0 Å². The summed E-state index contributed by atoms with van der Waals surface area (Å²) in [6.45, 7) is 10.0. The largest absolute Gasteiger partial charge is 0.396 e. The highest BCUT2D eigenvalue weighted by Gasteiger charge is 2.20. The fourth-order valence-corrected chi connectivity index (χ4v) is 1.09. The van der Waals surface area contributed by atoms with Crippen LogP contribution in [0.25, 0.3) is 0 Å². The van der Waals surface area contributed by atoms with E-state index in [-0.39, 0.29) is 12.1 Å². The zero-order valence-corrected chi connectivity index (χ0v) is 8.85. The second-order valence-electron chi connectivity index (χ2n) is 4.16. The zero-order chi connectivity index (χ0) is 9.61. The van der Waals surface area contributed by atoms with Crippen LogP contribution in [0.4, 0.5) is 0 Å². The summed E-state index contributed by atoms with van der Waals surface area (Å²) in [6, 6.07) is 0. The quantitative estimate of drug-likeness (QED) is 0.642. The summed E-state index contributed by atoms with van der Waals surface area (Å²) in [6.07, 6.45) is 1.91. The minimum atomic E-state index is 0.124. The molecule has 0 aromatic rings. The molecule has 0 aliphatic carbocycles. The molecule has 0 amide bonds. The molecule has 1 atom stereocenters. The molecule has 1 unspecified atom stereocenters. The molecule has 2 nitrogen and oxygen atoms in total. The van der Waals surface area contributed by atoms with E-state index >= 15 is 0 Å². The van der Waals surface area contributed by atoms with E-state index in [1.807, 2.05) is 0 Å². The Hall–Kier alpha value is -0.0800. The Morgan fingerprint density at radius 1 is 1.42 bits per heavy atom. The highest BCUT2D eigenvalue weighted by atomic mass is 16.3. The third kappa shape index (κ3) is 4.73. The summed E-state index contributed by atoms with van der Waals surface area (Å²) in [7, 11) is 0. The molecule has 0 aromatic heterocycles. The van der Waals surface area contributed by atoms with Crippen LogP contribution in [0, 0.1) is 5.92 Å². The molecule has 0 radical (unpaired) electrons. The van der Waals surface area contributed by atoms with E-state index in [2.05, 4.69) is 33.0 Å². The number of aliphatic hydroxyl groups is 1. The molecule has 0 fully saturated rings. The molecule has 2 N–H and O–H groups in total. The zero-order valence-electron chi connectivity index (χ0n) is 8.85. The first-order valence-electron chi connectivity index (χ1n) is 4.90. The predicted molar refractivity (Wildman–Crippen MR) is 53.2 cm³/mol.